The van der Waals surface area contributed by atoms with Crippen molar-refractivity contribution in [3.8, 4) is 0 Å². The second-order valence-electron chi connectivity index (χ2n) is 6.50. The molecular formula is C18H24ClNO. The molecule has 0 radical (unpaired) electrons. The molecule has 1 aromatic rings. The van der Waals surface area contributed by atoms with E-state index in [4.69, 9.17) is 11.6 Å². The molecule has 1 saturated carbocycles. The second-order valence-corrected chi connectivity index (χ2v) is 6.91. The molecule has 1 atom stereocenters. The number of allylic oxidation sites excluding steroid dienone is 1. The number of nitrogens with one attached hydrogen (secondary N) is 1. The Labute approximate surface area is 132 Å². The lowest BCUT2D eigenvalue weighted by Gasteiger charge is -2.36. The summed E-state index contributed by atoms with van der Waals surface area (Å²) in [4.78, 5) is 12.1. The molecule has 1 aromatic carbocycles. The van der Waals surface area contributed by atoms with Crippen LogP contribution >= 0.6 is 11.6 Å². The summed E-state index contributed by atoms with van der Waals surface area (Å²) in [6, 6.07) is 7.58. The van der Waals surface area contributed by atoms with Crippen LogP contribution in [-0.2, 0) is 4.79 Å². The quantitative estimate of drug-likeness (QED) is 0.750. The molecule has 0 aromatic heterocycles. The van der Waals surface area contributed by atoms with Crippen molar-refractivity contribution < 1.29 is 4.79 Å². The second kappa shape index (κ2) is 6.65. The van der Waals surface area contributed by atoms with Crippen LogP contribution in [0.3, 0.4) is 0 Å². The first-order valence-electron chi connectivity index (χ1n) is 7.67. The van der Waals surface area contributed by atoms with Crippen LogP contribution in [0.15, 0.2) is 36.0 Å². The number of hydrogen-bond acceptors (Lipinski definition) is 2. The van der Waals surface area contributed by atoms with Crippen LogP contribution in [0.4, 0.5) is 5.69 Å². The van der Waals surface area contributed by atoms with Gasteiger partial charge in [0.05, 0.1) is 10.7 Å². The highest BCUT2D eigenvalue weighted by molar-refractivity contribution is 6.33. The van der Waals surface area contributed by atoms with Crippen molar-refractivity contribution in [1.29, 1.82) is 0 Å². The Morgan fingerprint density at radius 1 is 1.38 bits per heavy atom. The molecule has 0 unspecified atom stereocenters. The monoisotopic (exact) mass is 305 g/mol. The van der Waals surface area contributed by atoms with Gasteiger partial charge < -0.3 is 5.32 Å². The number of halogens is 1. The predicted molar refractivity (Wildman–Crippen MR) is 89.6 cm³/mol. The molecule has 0 saturated heterocycles. The summed E-state index contributed by atoms with van der Waals surface area (Å²) in [6.45, 7) is 6.82. The van der Waals surface area contributed by atoms with Gasteiger partial charge in [-0.25, -0.2) is 0 Å². The van der Waals surface area contributed by atoms with Gasteiger partial charge in [-0.3, -0.25) is 4.79 Å². The van der Waals surface area contributed by atoms with Gasteiger partial charge >= 0.3 is 0 Å². The first-order valence-corrected chi connectivity index (χ1v) is 8.05. The lowest BCUT2D eigenvalue weighted by atomic mass is 9.68. The van der Waals surface area contributed by atoms with E-state index in [0.717, 1.165) is 30.5 Å². The number of carbonyl (C=O) groups excluding carboxylic acids is 1. The zero-order valence-corrected chi connectivity index (χ0v) is 13.8. The summed E-state index contributed by atoms with van der Waals surface area (Å²) >= 11 is 6.13. The molecule has 21 heavy (non-hydrogen) atoms. The molecule has 3 heteroatoms. The number of para-hydroxylation sites is 1. The van der Waals surface area contributed by atoms with Crippen molar-refractivity contribution in [3.63, 3.8) is 0 Å². The third-order valence-corrected chi connectivity index (χ3v) is 5.17. The van der Waals surface area contributed by atoms with E-state index >= 15 is 0 Å². The lowest BCUT2D eigenvalue weighted by molar-refractivity contribution is -0.117. The molecule has 0 amide bonds. The molecule has 1 fully saturated rings. The van der Waals surface area contributed by atoms with E-state index in [1.807, 2.05) is 30.5 Å². The van der Waals surface area contributed by atoms with Gasteiger partial charge in [-0.2, -0.15) is 0 Å². The van der Waals surface area contributed by atoms with Crippen LogP contribution in [0.5, 0.6) is 0 Å². The van der Waals surface area contributed by atoms with Crippen LogP contribution in [0, 0.1) is 11.3 Å². The summed E-state index contributed by atoms with van der Waals surface area (Å²) in [6.07, 6.45) is 5.50. The lowest BCUT2D eigenvalue weighted by Crippen LogP contribution is -2.29. The summed E-state index contributed by atoms with van der Waals surface area (Å²) in [7, 11) is 0. The average Bonchev–Trinajstić information content (AvgIpc) is 2.47. The minimum Gasteiger partial charge on any atom is -0.360 e. The van der Waals surface area contributed by atoms with Crippen molar-refractivity contribution in [2.45, 2.75) is 46.5 Å². The van der Waals surface area contributed by atoms with E-state index in [1.54, 1.807) is 0 Å². The molecule has 0 aliphatic heterocycles. The minimum atomic E-state index is 0.262. The number of anilines is 1. The highest BCUT2D eigenvalue weighted by Gasteiger charge is 2.33. The molecule has 2 rings (SSSR count). The Kier molecular flexibility index (Phi) is 5.10. The first kappa shape index (κ1) is 16.1. The molecule has 2 nitrogen and oxygen atoms in total. The molecule has 114 valence electrons. The molecule has 1 N–H and O–H groups in total. The van der Waals surface area contributed by atoms with Crippen molar-refractivity contribution in [1.82, 2.24) is 0 Å². The van der Waals surface area contributed by atoms with Gasteiger partial charge in [0, 0.05) is 18.2 Å². The standard InChI is InChI=1S/C18H24ClNO/c1-4-18(2,3)14-9-10-17(21)13(11-14)12-20-16-8-6-5-7-15(16)19/h5-8,12,14,20H,4,9-11H2,1-3H3/b13-12+/t14-/m0/s1. The molecule has 0 heterocycles. The first-order chi connectivity index (χ1) is 9.94. The van der Waals surface area contributed by atoms with Crippen LogP contribution < -0.4 is 5.32 Å². The van der Waals surface area contributed by atoms with Crippen LogP contribution in [-0.4, -0.2) is 5.78 Å². The highest BCUT2D eigenvalue weighted by atomic mass is 35.5. The number of carbonyl (C=O) groups is 1. The minimum absolute atomic E-state index is 0.262. The van der Waals surface area contributed by atoms with Crippen LogP contribution in [0.25, 0.3) is 0 Å². The smallest absolute Gasteiger partial charge is 0.160 e. The largest absolute Gasteiger partial charge is 0.360 e. The van der Waals surface area contributed by atoms with Gasteiger partial charge in [-0.1, -0.05) is 50.9 Å². The molecule has 1 aliphatic carbocycles. The van der Waals surface area contributed by atoms with Gasteiger partial charge in [-0.05, 0) is 36.3 Å². The number of rotatable bonds is 4. The van der Waals surface area contributed by atoms with Crippen LogP contribution in [0.1, 0.15) is 46.5 Å². The van der Waals surface area contributed by atoms with Crippen molar-refractivity contribution in [3.05, 3.63) is 41.1 Å². The van der Waals surface area contributed by atoms with E-state index < -0.39 is 0 Å². The Morgan fingerprint density at radius 2 is 2.10 bits per heavy atom. The predicted octanol–water partition coefficient (Wildman–Crippen LogP) is 5.44. The Morgan fingerprint density at radius 3 is 2.76 bits per heavy atom. The zero-order chi connectivity index (χ0) is 15.5. The normalized spacial score (nSPS) is 21.6. The summed E-state index contributed by atoms with van der Waals surface area (Å²) < 4.78 is 0. The van der Waals surface area contributed by atoms with Gasteiger partial charge in [-0.15, -0.1) is 0 Å². The average molecular weight is 306 g/mol. The number of hydrogen-bond donors (Lipinski definition) is 1. The molecule has 1 aliphatic rings. The third-order valence-electron chi connectivity index (χ3n) is 4.84. The van der Waals surface area contributed by atoms with Gasteiger partial charge in [0.1, 0.15) is 0 Å². The fraction of sp³-hybridized carbons (Fsp3) is 0.500. The maximum Gasteiger partial charge on any atom is 0.160 e. The molecule has 0 spiro atoms. The van der Waals surface area contributed by atoms with Crippen molar-refractivity contribution in [2.75, 3.05) is 5.32 Å². The summed E-state index contributed by atoms with van der Waals surface area (Å²) in [5, 5.41) is 3.86. The third kappa shape index (κ3) is 3.88. The molecular weight excluding hydrogens is 282 g/mol. The number of Topliss-reactive ketones (excluding diaryl/α,β-unsaturated/α-hetero) is 1. The number of benzene rings is 1. The van der Waals surface area contributed by atoms with E-state index in [0.29, 0.717) is 17.4 Å². The van der Waals surface area contributed by atoms with Crippen LogP contribution in [0.2, 0.25) is 5.02 Å². The zero-order valence-electron chi connectivity index (χ0n) is 13.1. The van der Waals surface area contributed by atoms with Gasteiger partial charge in [0.2, 0.25) is 0 Å². The Bertz CT molecular complexity index is 548. The van der Waals surface area contributed by atoms with E-state index in [1.165, 1.54) is 0 Å². The SMILES string of the molecule is CCC(C)(C)[C@H]1CCC(=O)/C(=C/Nc2ccccc2Cl)C1. The fourth-order valence-electron chi connectivity index (χ4n) is 2.79. The molecule has 0 bridgehead atoms. The Balaban J connectivity index is 2.12. The van der Waals surface area contributed by atoms with Crippen molar-refractivity contribution >= 4 is 23.1 Å². The fourth-order valence-corrected chi connectivity index (χ4v) is 2.98. The summed E-state index contributed by atoms with van der Waals surface area (Å²) in [5.41, 5.74) is 2.02. The van der Waals surface area contributed by atoms with Crippen molar-refractivity contribution in [2.24, 2.45) is 11.3 Å². The van der Waals surface area contributed by atoms with Gasteiger partial charge in [0.25, 0.3) is 0 Å². The number of ketones is 1. The topological polar surface area (TPSA) is 29.1 Å². The van der Waals surface area contributed by atoms with Gasteiger partial charge in [0.15, 0.2) is 5.78 Å². The highest BCUT2D eigenvalue weighted by Crippen LogP contribution is 2.41. The Hall–Kier alpha value is -1.28. The summed E-state index contributed by atoms with van der Waals surface area (Å²) in [5.74, 6) is 0.831. The maximum atomic E-state index is 12.1. The maximum absolute atomic E-state index is 12.1. The van der Waals surface area contributed by atoms with E-state index in [-0.39, 0.29) is 11.2 Å². The van der Waals surface area contributed by atoms with E-state index in [2.05, 4.69) is 26.1 Å². The van der Waals surface area contributed by atoms with E-state index in [9.17, 15) is 4.79 Å².